The molecule has 0 aromatic heterocycles. The van der Waals surface area contributed by atoms with Gasteiger partial charge in [-0.25, -0.2) is 0 Å². The summed E-state index contributed by atoms with van der Waals surface area (Å²) in [6.45, 7) is 5.04. The second kappa shape index (κ2) is 8.32. The van der Waals surface area contributed by atoms with E-state index < -0.39 is 0 Å². The molecule has 1 fully saturated rings. The zero-order chi connectivity index (χ0) is 16.8. The Morgan fingerprint density at radius 2 is 1.62 bits per heavy atom. The molecule has 0 bridgehead atoms. The molecule has 3 heteroatoms. The molecule has 24 heavy (non-hydrogen) atoms. The number of ether oxygens (including phenoxy) is 1. The maximum absolute atomic E-state index is 6.10. The van der Waals surface area contributed by atoms with Gasteiger partial charge in [0.1, 0.15) is 11.5 Å². The van der Waals surface area contributed by atoms with Gasteiger partial charge in [0.2, 0.25) is 0 Å². The van der Waals surface area contributed by atoms with Gasteiger partial charge >= 0.3 is 0 Å². The van der Waals surface area contributed by atoms with Gasteiger partial charge < -0.3 is 10.5 Å². The summed E-state index contributed by atoms with van der Waals surface area (Å²) < 4.78 is 6.00. The SMILES string of the molecule is Cc1ccccc1Oc1ccc(C(CN)N2CCCCCC2)cc1. The third kappa shape index (κ3) is 4.16. The second-order valence-electron chi connectivity index (χ2n) is 6.64. The van der Waals surface area contributed by atoms with Gasteiger partial charge in [-0.3, -0.25) is 4.90 Å². The number of hydrogen-bond donors (Lipinski definition) is 1. The van der Waals surface area contributed by atoms with Crippen LogP contribution in [0.3, 0.4) is 0 Å². The van der Waals surface area contributed by atoms with Crippen molar-refractivity contribution in [3.63, 3.8) is 0 Å². The summed E-state index contributed by atoms with van der Waals surface area (Å²) in [5, 5.41) is 0. The van der Waals surface area contributed by atoms with E-state index in [1.165, 1.54) is 31.2 Å². The second-order valence-corrected chi connectivity index (χ2v) is 6.64. The van der Waals surface area contributed by atoms with Crippen molar-refractivity contribution in [2.24, 2.45) is 5.73 Å². The molecular formula is C21H28N2O. The number of rotatable bonds is 5. The fraction of sp³-hybridized carbons (Fsp3) is 0.429. The number of aryl methyl sites for hydroxylation is 1. The molecule has 1 unspecified atom stereocenters. The lowest BCUT2D eigenvalue weighted by atomic mass is 10.0. The van der Waals surface area contributed by atoms with Gasteiger partial charge in [0.15, 0.2) is 0 Å². The highest BCUT2D eigenvalue weighted by Crippen LogP contribution is 2.28. The van der Waals surface area contributed by atoms with Crippen molar-refractivity contribution in [1.82, 2.24) is 4.90 Å². The Morgan fingerprint density at radius 3 is 2.25 bits per heavy atom. The molecule has 1 heterocycles. The molecule has 2 aromatic carbocycles. The molecule has 0 radical (unpaired) electrons. The zero-order valence-corrected chi connectivity index (χ0v) is 14.6. The van der Waals surface area contributed by atoms with Gasteiger partial charge in [-0.1, -0.05) is 43.2 Å². The number of nitrogens with two attached hydrogens (primary N) is 1. The number of likely N-dealkylation sites (tertiary alicyclic amines) is 1. The van der Waals surface area contributed by atoms with Crippen LogP contribution in [0.15, 0.2) is 48.5 Å². The minimum Gasteiger partial charge on any atom is -0.457 e. The van der Waals surface area contributed by atoms with Gasteiger partial charge in [-0.05, 0) is 62.2 Å². The Morgan fingerprint density at radius 1 is 0.958 bits per heavy atom. The van der Waals surface area contributed by atoms with Crippen LogP contribution in [-0.4, -0.2) is 24.5 Å². The summed E-state index contributed by atoms with van der Waals surface area (Å²) in [6, 6.07) is 16.8. The summed E-state index contributed by atoms with van der Waals surface area (Å²) in [5.41, 5.74) is 8.53. The summed E-state index contributed by atoms with van der Waals surface area (Å²) in [7, 11) is 0. The quantitative estimate of drug-likeness (QED) is 0.869. The predicted octanol–water partition coefficient (Wildman–Crippen LogP) is 4.66. The summed E-state index contributed by atoms with van der Waals surface area (Å²) in [6.07, 6.45) is 5.25. The van der Waals surface area contributed by atoms with E-state index in [9.17, 15) is 0 Å². The van der Waals surface area contributed by atoms with Crippen LogP contribution in [0, 0.1) is 6.92 Å². The van der Waals surface area contributed by atoms with Crippen molar-refractivity contribution in [1.29, 1.82) is 0 Å². The first kappa shape index (κ1) is 17.0. The first-order chi connectivity index (χ1) is 11.8. The van der Waals surface area contributed by atoms with E-state index in [0.29, 0.717) is 12.6 Å². The third-order valence-electron chi connectivity index (χ3n) is 4.89. The molecule has 3 nitrogen and oxygen atoms in total. The van der Waals surface area contributed by atoms with E-state index in [-0.39, 0.29) is 0 Å². The van der Waals surface area contributed by atoms with E-state index in [1.807, 2.05) is 18.2 Å². The van der Waals surface area contributed by atoms with Crippen LogP contribution in [0.2, 0.25) is 0 Å². The van der Waals surface area contributed by atoms with Crippen LogP contribution in [0.1, 0.15) is 42.9 Å². The molecular weight excluding hydrogens is 296 g/mol. The van der Waals surface area contributed by atoms with Gasteiger partial charge in [-0.2, -0.15) is 0 Å². The zero-order valence-electron chi connectivity index (χ0n) is 14.6. The van der Waals surface area contributed by atoms with Crippen molar-refractivity contribution >= 4 is 0 Å². The standard InChI is InChI=1S/C21H28N2O/c1-17-8-4-5-9-21(17)24-19-12-10-18(11-13-19)20(16-22)23-14-6-2-3-7-15-23/h4-5,8-13,20H,2-3,6-7,14-16,22H2,1H3. The monoisotopic (exact) mass is 324 g/mol. The first-order valence-corrected chi connectivity index (χ1v) is 9.05. The molecule has 1 aliphatic rings. The van der Waals surface area contributed by atoms with Crippen LogP contribution in [0.5, 0.6) is 11.5 Å². The highest BCUT2D eigenvalue weighted by atomic mass is 16.5. The van der Waals surface area contributed by atoms with E-state index >= 15 is 0 Å². The lowest BCUT2D eigenvalue weighted by Crippen LogP contribution is -2.34. The summed E-state index contributed by atoms with van der Waals surface area (Å²) in [4.78, 5) is 2.55. The van der Waals surface area contributed by atoms with Crippen molar-refractivity contribution in [3.05, 3.63) is 59.7 Å². The Bertz CT molecular complexity index is 631. The lowest BCUT2D eigenvalue weighted by molar-refractivity contribution is 0.209. The Hall–Kier alpha value is -1.84. The lowest BCUT2D eigenvalue weighted by Gasteiger charge is -2.30. The van der Waals surface area contributed by atoms with E-state index in [1.54, 1.807) is 0 Å². The van der Waals surface area contributed by atoms with Crippen molar-refractivity contribution in [2.75, 3.05) is 19.6 Å². The average Bonchev–Trinajstić information content (AvgIpc) is 2.88. The van der Waals surface area contributed by atoms with Crippen LogP contribution in [0.25, 0.3) is 0 Å². The number of benzene rings is 2. The molecule has 1 saturated heterocycles. The molecule has 128 valence electrons. The van der Waals surface area contributed by atoms with Crippen LogP contribution in [-0.2, 0) is 0 Å². The third-order valence-corrected chi connectivity index (χ3v) is 4.89. The van der Waals surface area contributed by atoms with Crippen molar-refractivity contribution in [2.45, 2.75) is 38.6 Å². The van der Waals surface area contributed by atoms with E-state index in [2.05, 4.69) is 42.2 Å². The number of hydrogen-bond acceptors (Lipinski definition) is 3. The molecule has 0 aliphatic carbocycles. The maximum Gasteiger partial charge on any atom is 0.130 e. The topological polar surface area (TPSA) is 38.5 Å². The largest absolute Gasteiger partial charge is 0.457 e. The van der Waals surface area contributed by atoms with Gasteiger partial charge in [-0.15, -0.1) is 0 Å². The van der Waals surface area contributed by atoms with Gasteiger partial charge in [0.05, 0.1) is 0 Å². The Kier molecular flexibility index (Phi) is 5.89. The predicted molar refractivity (Wildman–Crippen MR) is 99.5 cm³/mol. The minimum atomic E-state index is 0.315. The smallest absolute Gasteiger partial charge is 0.130 e. The number of nitrogens with zero attached hydrogens (tertiary/aromatic N) is 1. The molecule has 2 aromatic rings. The normalized spacial score (nSPS) is 17.2. The fourth-order valence-corrected chi connectivity index (χ4v) is 3.46. The van der Waals surface area contributed by atoms with Crippen molar-refractivity contribution in [3.8, 4) is 11.5 Å². The maximum atomic E-state index is 6.10. The van der Waals surface area contributed by atoms with E-state index in [0.717, 1.165) is 30.2 Å². The average molecular weight is 324 g/mol. The van der Waals surface area contributed by atoms with Crippen LogP contribution < -0.4 is 10.5 Å². The highest BCUT2D eigenvalue weighted by molar-refractivity contribution is 5.38. The van der Waals surface area contributed by atoms with Crippen LogP contribution >= 0.6 is 0 Å². The molecule has 1 aliphatic heterocycles. The Balaban J connectivity index is 1.71. The Labute approximate surface area is 145 Å². The highest BCUT2D eigenvalue weighted by Gasteiger charge is 2.20. The minimum absolute atomic E-state index is 0.315. The molecule has 0 spiro atoms. The summed E-state index contributed by atoms with van der Waals surface area (Å²) >= 11 is 0. The van der Waals surface area contributed by atoms with E-state index in [4.69, 9.17) is 10.5 Å². The van der Waals surface area contributed by atoms with Gasteiger partial charge in [0, 0.05) is 12.6 Å². The molecule has 0 amide bonds. The molecule has 3 rings (SSSR count). The molecule has 2 N–H and O–H groups in total. The first-order valence-electron chi connectivity index (χ1n) is 9.05. The number of para-hydroxylation sites is 1. The van der Waals surface area contributed by atoms with Gasteiger partial charge in [0.25, 0.3) is 0 Å². The fourth-order valence-electron chi connectivity index (χ4n) is 3.46. The molecule has 1 atom stereocenters. The summed E-state index contributed by atoms with van der Waals surface area (Å²) in [5.74, 6) is 1.79. The molecule has 0 saturated carbocycles. The van der Waals surface area contributed by atoms with Crippen molar-refractivity contribution < 1.29 is 4.74 Å². The van der Waals surface area contributed by atoms with Crippen LogP contribution in [0.4, 0.5) is 0 Å².